The summed E-state index contributed by atoms with van der Waals surface area (Å²) in [7, 11) is 1.67. The predicted octanol–water partition coefficient (Wildman–Crippen LogP) is 4.43. The number of ether oxygens (including phenoxy) is 1. The molecule has 6 heteroatoms. The zero-order valence-electron chi connectivity index (χ0n) is 16.0. The van der Waals surface area contributed by atoms with Gasteiger partial charge in [-0.2, -0.15) is 5.10 Å². The van der Waals surface area contributed by atoms with E-state index in [0.717, 1.165) is 32.4 Å². The zero-order valence-corrected chi connectivity index (χ0v) is 16.8. The molecule has 3 heterocycles. The molecule has 0 N–H and O–H groups in total. The molecular formula is C21H23N3O2S. The van der Waals surface area contributed by atoms with Crippen molar-refractivity contribution in [3.8, 4) is 5.75 Å². The maximum atomic E-state index is 13.2. The first kappa shape index (κ1) is 17.8. The molecule has 140 valence electrons. The van der Waals surface area contributed by atoms with E-state index >= 15 is 0 Å². The van der Waals surface area contributed by atoms with Crippen molar-refractivity contribution in [3.05, 3.63) is 57.3 Å². The summed E-state index contributed by atoms with van der Waals surface area (Å²) in [5.74, 6) is 1.18. The van der Waals surface area contributed by atoms with E-state index in [4.69, 9.17) is 4.74 Å². The van der Waals surface area contributed by atoms with Crippen LogP contribution in [0, 0.1) is 12.8 Å². The van der Waals surface area contributed by atoms with Crippen molar-refractivity contribution in [2.24, 2.45) is 5.92 Å². The lowest BCUT2D eigenvalue weighted by Crippen LogP contribution is -2.26. The first-order valence-corrected chi connectivity index (χ1v) is 9.91. The molecule has 0 aliphatic heterocycles. The zero-order chi connectivity index (χ0) is 19.1. The Hall–Kier alpha value is -2.60. The van der Waals surface area contributed by atoms with Crippen LogP contribution in [0.4, 0.5) is 0 Å². The van der Waals surface area contributed by atoms with Crippen LogP contribution < -0.4 is 10.3 Å². The van der Waals surface area contributed by atoms with Gasteiger partial charge in [0.1, 0.15) is 11.3 Å². The maximum Gasteiger partial charge on any atom is 0.291 e. The highest BCUT2D eigenvalue weighted by Crippen LogP contribution is 2.34. The second-order valence-corrected chi connectivity index (χ2v) is 8.55. The highest BCUT2D eigenvalue weighted by molar-refractivity contribution is 7.20. The standard InChI is InChI=1S/C21H23N3O2S/c1-13(2)11-24-21(25)19-17(10-22-24)20-18(8-14(3)27-20)23(19)12-15-6-5-7-16(9-15)26-4/h5-10,13H,11-12H2,1-4H3. The first-order chi connectivity index (χ1) is 13.0. The minimum Gasteiger partial charge on any atom is -0.497 e. The first-order valence-electron chi connectivity index (χ1n) is 9.09. The Morgan fingerprint density at radius 1 is 1.26 bits per heavy atom. The van der Waals surface area contributed by atoms with Gasteiger partial charge in [0.15, 0.2) is 0 Å². The molecule has 0 aliphatic carbocycles. The van der Waals surface area contributed by atoms with Gasteiger partial charge in [0.25, 0.3) is 5.56 Å². The number of benzene rings is 1. The van der Waals surface area contributed by atoms with Crippen LogP contribution in [0.2, 0.25) is 0 Å². The van der Waals surface area contributed by atoms with Gasteiger partial charge >= 0.3 is 0 Å². The van der Waals surface area contributed by atoms with E-state index in [0.29, 0.717) is 19.0 Å². The fourth-order valence-electron chi connectivity index (χ4n) is 3.51. The Labute approximate surface area is 161 Å². The third kappa shape index (κ3) is 3.14. The third-order valence-corrected chi connectivity index (χ3v) is 5.75. The van der Waals surface area contributed by atoms with Crippen LogP contribution in [-0.2, 0) is 13.1 Å². The lowest BCUT2D eigenvalue weighted by Gasteiger charge is -2.11. The monoisotopic (exact) mass is 381 g/mol. The van der Waals surface area contributed by atoms with Crippen LogP contribution in [0.25, 0.3) is 21.1 Å². The van der Waals surface area contributed by atoms with E-state index in [9.17, 15) is 4.79 Å². The highest BCUT2D eigenvalue weighted by Gasteiger charge is 2.18. The van der Waals surface area contributed by atoms with Gasteiger partial charge in [-0.1, -0.05) is 26.0 Å². The minimum atomic E-state index is -0.0230. The Morgan fingerprint density at radius 3 is 2.81 bits per heavy atom. The minimum absolute atomic E-state index is 0.0230. The molecule has 0 fully saturated rings. The number of aromatic nitrogens is 3. The number of thiophene rings is 1. The Bertz CT molecular complexity index is 1180. The number of methoxy groups -OCH3 is 1. The summed E-state index contributed by atoms with van der Waals surface area (Å²) in [5.41, 5.74) is 2.90. The van der Waals surface area contributed by atoms with Crippen molar-refractivity contribution < 1.29 is 4.74 Å². The largest absolute Gasteiger partial charge is 0.497 e. The smallest absolute Gasteiger partial charge is 0.291 e. The van der Waals surface area contributed by atoms with Crippen LogP contribution in [0.15, 0.2) is 41.3 Å². The molecule has 5 nitrogen and oxygen atoms in total. The molecule has 4 aromatic rings. The number of aryl methyl sites for hydroxylation is 1. The lowest BCUT2D eigenvalue weighted by molar-refractivity contribution is 0.414. The van der Waals surface area contributed by atoms with Crippen LogP contribution in [0.3, 0.4) is 0 Å². The summed E-state index contributed by atoms with van der Waals surface area (Å²) in [6.07, 6.45) is 1.85. The van der Waals surface area contributed by atoms with Crippen molar-refractivity contribution in [2.45, 2.75) is 33.9 Å². The molecule has 0 atom stereocenters. The predicted molar refractivity (Wildman–Crippen MR) is 111 cm³/mol. The number of fused-ring (bicyclic) bond motifs is 3. The third-order valence-electron chi connectivity index (χ3n) is 4.67. The van der Waals surface area contributed by atoms with Gasteiger partial charge < -0.3 is 9.30 Å². The second kappa shape index (κ2) is 6.85. The van der Waals surface area contributed by atoms with E-state index in [-0.39, 0.29) is 5.56 Å². The molecule has 1 aromatic carbocycles. The van der Waals surface area contributed by atoms with Crippen molar-refractivity contribution in [3.63, 3.8) is 0 Å². The summed E-state index contributed by atoms with van der Waals surface area (Å²) in [4.78, 5) is 14.4. The summed E-state index contributed by atoms with van der Waals surface area (Å²) >= 11 is 1.72. The number of hydrogen-bond donors (Lipinski definition) is 0. The average Bonchev–Trinajstić information content (AvgIpc) is 3.14. The lowest BCUT2D eigenvalue weighted by atomic mass is 10.2. The van der Waals surface area contributed by atoms with E-state index in [1.807, 2.05) is 24.4 Å². The van der Waals surface area contributed by atoms with Gasteiger partial charge in [-0.3, -0.25) is 4.79 Å². The molecule has 3 aromatic heterocycles. The van der Waals surface area contributed by atoms with Crippen LogP contribution in [-0.4, -0.2) is 21.5 Å². The van der Waals surface area contributed by atoms with Crippen molar-refractivity contribution >= 4 is 32.5 Å². The molecule has 0 saturated carbocycles. The van der Waals surface area contributed by atoms with Crippen LogP contribution >= 0.6 is 11.3 Å². The highest BCUT2D eigenvalue weighted by atomic mass is 32.1. The SMILES string of the molecule is COc1cccc(Cn2c3cc(C)sc3c3cnn(CC(C)C)c(=O)c32)c1. The number of hydrogen-bond acceptors (Lipinski definition) is 4. The summed E-state index contributed by atoms with van der Waals surface area (Å²) < 4.78 is 10.2. The Morgan fingerprint density at radius 2 is 2.07 bits per heavy atom. The Balaban J connectivity index is 1.95. The summed E-state index contributed by atoms with van der Waals surface area (Å²) in [6, 6.07) is 10.2. The van der Waals surface area contributed by atoms with E-state index in [2.05, 4.69) is 42.6 Å². The molecule has 27 heavy (non-hydrogen) atoms. The average molecular weight is 382 g/mol. The van der Waals surface area contributed by atoms with Crippen molar-refractivity contribution in [1.82, 2.24) is 14.3 Å². The fourth-order valence-corrected chi connectivity index (χ4v) is 4.54. The molecule has 0 spiro atoms. The van der Waals surface area contributed by atoms with Crippen LogP contribution in [0.5, 0.6) is 5.75 Å². The second-order valence-electron chi connectivity index (χ2n) is 7.30. The fraction of sp³-hybridized carbons (Fsp3) is 0.333. The molecule has 0 radical (unpaired) electrons. The molecule has 4 rings (SSSR count). The van der Waals surface area contributed by atoms with Gasteiger partial charge in [0, 0.05) is 23.4 Å². The molecule has 0 saturated heterocycles. The summed E-state index contributed by atoms with van der Waals surface area (Å²) in [6.45, 7) is 7.52. The molecule has 0 unspecified atom stereocenters. The Kier molecular flexibility index (Phi) is 4.52. The van der Waals surface area contributed by atoms with Crippen molar-refractivity contribution in [2.75, 3.05) is 7.11 Å². The van der Waals surface area contributed by atoms with Crippen LogP contribution in [0.1, 0.15) is 24.3 Å². The van der Waals surface area contributed by atoms with E-state index in [1.165, 1.54) is 4.88 Å². The maximum absolute atomic E-state index is 13.2. The van der Waals surface area contributed by atoms with Gasteiger partial charge in [0.2, 0.25) is 0 Å². The van der Waals surface area contributed by atoms with Gasteiger partial charge in [0.05, 0.1) is 23.5 Å². The molecule has 0 amide bonds. The number of nitrogens with zero attached hydrogens (tertiary/aromatic N) is 3. The molecule has 0 aliphatic rings. The molecule has 0 bridgehead atoms. The quantitative estimate of drug-likeness (QED) is 0.514. The van der Waals surface area contributed by atoms with E-state index < -0.39 is 0 Å². The number of rotatable bonds is 5. The van der Waals surface area contributed by atoms with Crippen molar-refractivity contribution in [1.29, 1.82) is 0 Å². The van der Waals surface area contributed by atoms with Gasteiger partial charge in [-0.25, -0.2) is 4.68 Å². The van der Waals surface area contributed by atoms with Gasteiger partial charge in [-0.15, -0.1) is 11.3 Å². The van der Waals surface area contributed by atoms with E-state index in [1.54, 1.807) is 23.1 Å². The van der Waals surface area contributed by atoms with Gasteiger partial charge in [-0.05, 0) is 36.6 Å². The summed E-state index contributed by atoms with van der Waals surface area (Å²) in [5, 5.41) is 5.37. The normalized spacial score (nSPS) is 11.7. The molecular weight excluding hydrogens is 358 g/mol. The topological polar surface area (TPSA) is 49.0 Å².